The highest BCUT2D eigenvalue weighted by Gasteiger charge is 2.10. The largest absolute Gasteiger partial charge is 0.469 e. The van der Waals surface area contributed by atoms with Crippen molar-refractivity contribution in [2.24, 2.45) is 0 Å². The van der Waals surface area contributed by atoms with Crippen LogP contribution < -0.4 is 0 Å². The third-order valence-electron chi connectivity index (χ3n) is 1.70. The zero-order valence-electron chi connectivity index (χ0n) is 8.57. The number of nitrogens with zero attached hydrogens (tertiary/aromatic N) is 1. The van der Waals surface area contributed by atoms with E-state index in [1.807, 2.05) is 19.1 Å². The topological polar surface area (TPSA) is 39.2 Å². The lowest BCUT2D eigenvalue weighted by Crippen LogP contribution is -2.08. The smallest absolute Gasteiger partial charge is 0.306 e. The van der Waals surface area contributed by atoms with Gasteiger partial charge in [-0.1, -0.05) is 6.92 Å². The Bertz CT molecular complexity index is 329. The molecule has 0 radical (unpaired) electrons. The van der Waals surface area contributed by atoms with Crippen LogP contribution in [0.25, 0.3) is 0 Å². The fourth-order valence-electron chi connectivity index (χ4n) is 0.998. The summed E-state index contributed by atoms with van der Waals surface area (Å²) in [7, 11) is 1.40. The van der Waals surface area contributed by atoms with Crippen LogP contribution in [0.1, 0.15) is 13.3 Å². The second-order valence-electron chi connectivity index (χ2n) is 3.02. The molecule has 1 unspecified atom stereocenters. The average molecular weight is 290 g/mol. The lowest BCUT2D eigenvalue weighted by Gasteiger charge is -2.08. The van der Waals surface area contributed by atoms with Crippen molar-refractivity contribution >= 4 is 33.7 Å². The maximum atomic E-state index is 11.0. The van der Waals surface area contributed by atoms with E-state index in [1.165, 1.54) is 7.11 Å². The number of ether oxygens (including phenoxy) is 1. The number of methoxy groups -OCH3 is 1. The van der Waals surface area contributed by atoms with Crippen LogP contribution in [0.4, 0.5) is 0 Å². The second-order valence-corrected chi connectivity index (χ2v) is 5.40. The minimum Gasteiger partial charge on any atom is -0.469 e. The molecular weight excluding hydrogens is 278 g/mol. The third-order valence-corrected chi connectivity index (χ3v) is 3.23. The minimum absolute atomic E-state index is 0.172. The van der Waals surface area contributed by atoms with Gasteiger partial charge in [0.25, 0.3) is 0 Å². The van der Waals surface area contributed by atoms with Crippen molar-refractivity contribution < 1.29 is 9.53 Å². The summed E-state index contributed by atoms with van der Waals surface area (Å²) in [5.41, 5.74) is 0. The van der Waals surface area contributed by atoms with Crippen molar-refractivity contribution in [1.29, 1.82) is 0 Å². The van der Waals surface area contributed by atoms with Gasteiger partial charge in [0.2, 0.25) is 0 Å². The minimum atomic E-state index is -0.188. The molecule has 1 aromatic heterocycles. The summed E-state index contributed by atoms with van der Waals surface area (Å²) in [6, 6.07) is 3.85. The van der Waals surface area contributed by atoms with Gasteiger partial charge in [0.05, 0.1) is 18.6 Å². The van der Waals surface area contributed by atoms with Crippen LogP contribution in [0, 0.1) is 0 Å². The Morgan fingerprint density at radius 3 is 2.93 bits per heavy atom. The molecular formula is C10H12BrNO2S. The fraction of sp³-hybridized carbons (Fsp3) is 0.400. The van der Waals surface area contributed by atoms with E-state index in [1.54, 1.807) is 18.0 Å². The van der Waals surface area contributed by atoms with Gasteiger partial charge in [0.1, 0.15) is 0 Å². The number of esters is 1. The third kappa shape index (κ3) is 4.66. The first kappa shape index (κ1) is 12.5. The number of carbonyl (C=O) groups is 1. The molecule has 0 saturated carbocycles. The molecule has 0 spiro atoms. The summed E-state index contributed by atoms with van der Waals surface area (Å²) in [5, 5.41) is 1.08. The lowest BCUT2D eigenvalue weighted by molar-refractivity contribution is -0.140. The summed E-state index contributed by atoms with van der Waals surface area (Å²) in [5.74, 6) is -0.188. The quantitative estimate of drug-likeness (QED) is 0.631. The van der Waals surface area contributed by atoms with E-state index < -0.39 is 0 Å². The van der Waals surface area contributed by atoms with Crippen molar-refractivity contribution in [1.82, 2.24) is 4.98 Å². The molecule has 1 heterocycles. The Kier molecular flexibility index (Phi) is 5.11. The monoisotopic (exact) mass is 289 g/mol. The molecule has 0 aliphatic heterocycles. The molecule has 1 atom stereocenters. The van der Waals surface area contributed by atoms with Gasteiger partial charge in [-0.15, -0.1) is 11.8 Å². The maximum Gasteiger partial charge on any atom is 0.306 e. The number of carbonyl (C=O) groups excluding carboxylic acids is 1. The van der Waals surface area contributed by atoms with E-state index in [9.17, 15) is 4.79 Å². The Morgan fingerprint density at radius 1 is 1.67 bits per heavy atom. The highest BCUT2D eigenvalue weighted by Crippen LogP contribution is 2.24. The van der Waals surface area contributed by atoms with E-state index in [0.717, 1.165) is 9.50 Å². The van der Waals surface area contributed by atoms with Crippen LogP contribution in [-0.2, 0) is 9.53 Å². The molecule has 0 aliphatic rings. The van der Waals surface area contributed by atoms with E-state index in [2.05, 4.69) is 25.7 Å². The van der Waals surface area contributed by atoms with Gasteiger partial charge in [-0.05, 0) is 28.1 Å². The average Bonchev–Trinajstić information content (AvgIpc) is 2.21. The van der Waals surface area contributed by atoms with Gasteiger partial charge in [-0.25, -0.2) is 4.98 Å². The van der Waals surface area contributed by atoms with Crippen molar-refractivity contribution in [2.75, 3.05) is 7.11 Å². The first-order valence-corrected chi connectivity index (χ1v) is 6.14. The Labute approximate surface area is 102 Å². The van der Waals surface area contributed by atoms with Gasteiger partial charge in [0, 0.05) is 15.9 Å². The molecule has 15 heavy (non-hydrogen) atoms. The summed E-state index contributed by atoms with van der Waals surface area (Å²) in [4.78, 5) is 15.2. The highest BCUT2D eigenvalue weighted by molar-refractivity contribution is 9.10. The van der Waals surface area contributed by atoms with Gasteiger partial charge >= 0.3 is 5.97 Å². The summed E-state index contributed by atoms with van der Waals surface area (Å²) in [6.07, 6.45) is 2.14. The number of hydrogen-bond donors (Lipinski definition) is 0. The zero-order chi connectivity index (χ0) is 11.3. The highest BCUT2D eigenvalue weighted by atomic mass is 79.9. The van der Waals surface area contributed by atoms with Crippen LogP contribution in [0.2, 0.25) is 0 Å². The van der Waals surface area contributed by atoms with Crippen LogP contribution in [0.3, 0.4) is 0 Å². The van der Waals surface area contributed by atoms with E-state index in [-0.39, 0.29) is 11.2 Å². The Hall–Kier alpha value is -0.550. The van der Waals surface area contributed by atoms with Gasteiger partial charge < -0.3 is 4.74 Å². The Balaban J connectivity index is 2.47. The van der Waals surface area contributed by atoms with Crippen LogP contribution in [0.5, 0.6) is 0 Å². The summed E-state index contributed by atoms with van der Waals surface area (Å²) < 4.78 is 5.55. The van der Waals surface area contributed by atoms with Crippen molar-refractivity contribution in [3.63, 3.8) is 0 Å². The second kappa shape index (κ2) is 6.12. The molecule has 1 rings (SSSR count). The molecule has 0 fully saturated rings. The first-order valence-electron chi connectivity index (χ1n) is 4.47. The van der Waals surface area contributed by atoms with Gasteiger partial charge in [0.15, 0.2) is 0 Å². The molecule has 0 N–H and O–H groups in total. The number of aromatic nitrogens is 1. The van der Waals surface area contributed by atoms with Gasteiger partial charge in [-0.2, -0.15) is 0 Å². The first-order chi connectivity index (χ1) is 7.11. The van der Waals surface area contributed by atoms with E-state index in [0.29, 0.717) is 6.42 Å². The number of thioether (sulfide) groups is 1. The van der Waals surface area contributed by atoms with Crippen LogP contribution in [-0.4, -0.2) is 23.3 Å². The molecule has 0 bridgehead atoms. The van der Waals surface area contributed by atoms with Crippen molar-refractivity contribution in [3.05, 3.63) is 22.8 Å². The fourth-order valence-corrected chi connectivity index (χ4v) is 2.12. The van der Waals surface area contributed by atoms with Crippen molar-refractivity contribution in [2.45, 2.75) is 23.6 Å². The maximum absolute atomic E-state index is 11.0. The molecule has 3 nitrogen and oxygen atoms in total. The normalized spacial score (nSPS) is 12.2. The summed E-state index contributed by atoms with van der Waals surface area (Å²) >= 11 is 4.88. The van der Waals surface area contributed by atoms with Crippen LogP contribution in [0.15, 0.2) is 27.8 Å². The molecule has 1 aromatic rings. The predicted molar refractivity (Wildman–Crippen MR) is 63.9 cm³/mol. The van der Waals surface area contributed by atoms with Gasteiger partial charge in [-0.3, -0.25) is 4.79 Å². The molecule has 0 amide bonds. The molecule has 0 saturated heterocycles. The van der Waals surface area contributed by atoms with E-state index in [4.69, 9.17) is 0 Å². The lowest BCUT2D eigenvalue weighted by atomic mass is 10.3. The SMILES string of the molecule is COC(=O)CC(C)Sc1ccc(Br)cn1. The molecule has 82 valence electrons. The standard InChI is InChI=1S/C10H12BrNO2S/c1-7(5-10(13)14-2)15-9-4-3-8(11)6-12-9/h3-4,6-7H,5H2,1-2H3. The van der Waals surface area contributed by atoms with Crippen LogP contribution >= 0.6 is 27.7 Å². The molecule has 5 heteroatoms. The number of pyridine rings is 1. The number of rotatable bonds is 4. The Morgan fingerprint density at radius 2 is 2.40 bits per heavy atom. The number of hydrogen-bond acceptors (Lipinski definition) is 4. The molecule has 0 aromatic carbocycles. The molecule has 0 aliphatic carbocycles. The van der Waals surface area contributed by atoms with E-state index >= 15 is 0 Å². The zero-order valence-corrected chi connectivity index (χ0v) is 11.0. The van der Waals surface area contributed by atoms with Crippen molar-refractivity contribution in [3.8, 4) is 0 Å². The predicted octanol–water partition coefficient (Wildman–Crippen LogP) is 2.89. The summed E-state index contributed by atoms with van der Waals surface area (Å²) in [6.45, 7) is 1.98. The number of halogens is 1.